The third-order valence-electron chi connectivity index (χ3n) is 2.37. The summed E-state index contributed by atoms with van der Waals surface area (Å²) in [7, 11) is 0. The fourth-order valence-electron chi connectivity index (χ4n) is 1.41. The number of carbonyl (C=O) groups is 1. The third kappa shape index (κ3) is 4.15. The Bertz CT molecular complexity index is 643. The molecule has 5 nitrogen and oxygen atoms in total. The van der Waals surface area contributed by atoms with Crippen LogP contribution in [0.25, 0.3) is 0 Å². The highest BCUT2D eigenvalue weighted by molar-refractivity contribution is 7.15. The van der Waals surface area contributed by atoms with Crippen molar-refractivity contribution in [2.75, 3.05) is 11.9 Å². The smallest absolute Gasteiger partial charge is 0.445 e. The first kappa shape index (κ1) is 15.2. The molecule has 112 valence electrons. The number of amides is 1. The number of aromatic nitrogens is 2. The highest BCUT2D eigenvalue weighted by Crippen LogP contribution is 2.32. The van der Waals surface area contributed by atoms with Gasteiger partial charge in [0.1, 0.15) is 5.75 Å². The fourth-order valence-corrected chi connectivity index (χ4v) is 2.03. The lowest BCUT2D eigenvalue weighted by Crippen LogP contribution is -2.20. The van der Waals surface area contributed by atoms with E-state index >= 15 is 0 Å². The van der Waals surface area contributed by atoms with Gasteiger partial charge in [-0.2, -0.15) is 13.2 Å². The number of hydrogen-bond acceptors (Lipinski definition) is 5. The molecule has 1 aromatic heterocycles. The SMILES string of the molecule is Cc1ccccc1OCC(=O)Nc1nnc(C(F)(F)F)s1. The Morgan fingerprint density at radius 2 is 2.05 bits per heavy atom. The standard InChI is InChI=1S/C12H10F3N3O2S/c1-7-4-2-3-5-8(7)20-6-9(19)16-11-18-17-10(21-11)12(13,14)15/h2-5H,6H2,1H3,(H,16,18,19). The monoisotopic (exact) mass is 317 g/mol. The van der Waals surface area contributed by atoms with E-state index in [1.165, 1.54) is 0 Å². The highest BCUT2D eigenvalue weighted by atomic mass is 32.1. The van der Waals surface area contributed by atoms with Gasteiger partial charge >= 0.3 is 6.18 Å². The fraction of sp³-hybridized carbons (Fsp3) is 0.250. The van der Waals surface area contributed by atoms with Gasteiger partial charge in [0.15, 0.2) is 6.61 Å². The predicted molar refractivity (Wildman–Crippen MR) is 70.2 cm³/mol. The van der Waals surface area contributed by atoms with Gasteiger partial charge in [0.05, 0.1) is 0 Å². The van der Waals surface area contributed by atoms with Crippen molar-refractivity contribution in [3.63, 3.8) is 0 Å². The molecule has 0 saturated heterocycles. The van der Waals surface area contributed by atoms with Crippen LogP contribution in [0.1, 0.15) is 10.6 Å². The molecule has 1 heterocycles. The van der Waals surface area contributed by atoms with Crippen molar-refractivity contribution in [2.45, 2.75) is 13.1 Å². The van der Waals surface area contributed by atoms with Crippen LogP contribution in [-0.2, 0) is 11.0 Å². The lowest BCUT2D eigenvalue weighted by molar-refractivity contribution is -0.138. The normalized spacial score (nSPS) is 11.2. The molecule has 0 saturated carbocycles. The number of nitrogens with one attached hydrogen (secondary N) is 1. The molecule has 2 aromatic rings. The maximum atomic E-state index is 12.3. The van der Waals surface area contributed by atoms with Gasteiger partial charge in [0.25, 0.3) is 5.91 Å². The van der Waals surface area contributed by atoms with Crippen LogP contribution in [0.3, 0.4) is 0 Å². The second-order valence-corrected chi connectivity index (χ2v) is 4.99. The van der Waals surface area contributed by atoms with Crippen molar-refractivity contribution in [3.05, 3.63) is 34.8 Å². The predicted octanol–water partition coefficient (Wildman–Crippen LogP) is 2.88. The minimum absolute atomic E-state index is 0.222. The first-order valence-corrected chi connectivity index (χ1v) is 6.57. The van der Waals surface area contributed by atoms with Crippen LogP contribution in [0, 0.1) is 6.92 Å². The largest absolute Gasteiger partial charge is 0.483 e. The van der Waals surface area contributed by atoms with Gasteiger partial charge in [0.2, 0.25) is 10.1 Å². The zero-order valence-electron chi connectivity index (χ0n) is 10.8. The van der Waals surface area contributed by atoms with E-state index < -0.39 is 17.1 Å². The summed E-state index contributed by atoms with van der Waals surface area (Å²) in [5.74, 6) is -0.0796. The first-order chi connectivity index (χ1) is 9.86. The minimum atomic E-state index is -4.57. The van der Waals surface area contributed by atoms with Gasteiger partial charge in [0, 0.05) is 0 Å². The number of nitrogens with zero attached hydrogens (tertiary/aromatic N) is 2. The highest BCUT2D eigenvalue weighted by Gasteiger charge is 2.35. The summed E-state index contributed by atoms with van der Waals surface area (Å²) in [6, 6.07) is 7.08. The molecular weight excluding hydrogens is 307 g/mol. The number of ether oxygens (including phenoxy) is 1. The maximum absolute atomic E-state index is 12.3. The van der Waals surface area contributed by atoms with Crippen molar-refractivity contribution in [1.29, 1.82) is 0 Å². The molecule has 0 fully saturated rings. The van der Waals surface area contributed by atoms with E-state index in [2.05, 4.69) is 15.5 Å². The first-order valence-electron chi connectivity index (χ1n) is 5.75. The van der Waals surface area contributed by atoms with Crippen LogP contribution in [-0.4, -0.2) is 22.7 Å². The van der Waals surface area contributed by atoms with Crippen LogP contribution in [0.2, 0.25) is 0 Å². The average molecular weight is 317 g/mol. The summed E-state index contributed by atoms with van der Waals surface area (Å²) in [5.41, 5.74) is 0.848. The van der Waals surface area contributed by atoms with Crippen LogP contribution in [0.15, 0.2) is 24.3 Å². The molecular formula is C12H10F3N3O2S. The van der Waals surface area contributed by atoms with Crippen LogP contribution in [0.5, 0.6) is 5.75 Å². The Morgan fingerprint density at radius 1 is 1.33 bits per heavy atom. The van der Waals surface area contributed by atoms with Crippen molar-refractivity contribution >= 4 is 22.4 Å². The van der Waals surface area contributed by atoms with E-state index in [1.807, 2.05) is 19.1 Å². The molecule has 0 radical (unpaired) electrons. The number of rotatable bonds is 4. The van der Waals surface area contributed by atoms with E-state index in [-0.39, 0.29) is 23.1 Å². The van der Waals surface area contributed by atoms with Gasteiger partial charge in [-0.05, 0) is 18.6 Å². The Hall–Kier alpha value is -2.16. The van der Waals surface area contributed by atoms with Crippen LogP contribution >= 0.6 is 11.3 Å². The van der Waals surface area contributed by atoms with E-state index in [9.17, 15) is 18.0 Å². The zero-order chi connectivity index (χ0) is 15.5. The number of aryl methyl sites for hydroxylation is 1. The average Bonchev–Trinajstić information content (AvgIpc) is 2.86. The number of anilines is 1. The molecule has 0 bridgehead atoms. The van der Waals surface area contributed by atoms with Crippen molar-refractivity contribution in [1.82, 2.24) is 10.2 Å². The van der Waals surface area contributed by atoms with Gasteiger partial charge in [-0.25, -0.2) is 0 Å². The Balaban J connectivity index is 1.90. The van der Waals surface area contributed by atoms with Crippen molar-refractivity contribution in [2.24, 2.45) is 0 Å². The zero-order valence-corrected chi connectivity index (χ0v) is 11.6. The van der Waals surface area contributed by atoms with Gasteiger partial charge in [-0.15, -0.1) is 10.2 Å². The van der Waals surface area contributed by atoms with Gasteiger partial charge in [-0.3, -0.25) is 10.1 Å². The number of para-hydroxylation sites is 1. The molecule has 21 heavy (non-hydrogen) atoms. The Labute approximate surface area is 121 Å². The summed E-state index contributed by atoms with van der Waals surface area (Å²) in [6.45, 7) is 1.49. The number of benzene rings is 1. The van der Waals surface area contributed by atoms with E-state index in [4.69, 9.17) is 4.74 Å². The topological polar surface area (TPSA) is 64.1 Å². The number of halogens is 3. The lowest BCUT2D eigenvalue weighted by atomic mass is 10.2. The summed E-state index contributed by atoms with van der Waals surface area (Å²) in [6.07, 6.45) is -4.57. The maximum Gasteiger partial charge on any atom is 0.445 e. The van der Waals surface area contributed by atoms with Crippen molar-refractivity contribution < 1.29 is 22.7 Å². The van der Waals surface area contributed by atoms with E-state index in [0.29, 0.717) is 5.75 Å². The summed E-state index contributed by atoms with van der Waals surface area (Å²) in [4.78, 5) is 11.6. The molecule has 1 N–H and O–H groups in total. The molecule has 0 aliphatic rings. The number of hydrogen-bond donors (Lipinski definition) is 1. The second-order valence-electron chi connectivity index (χ2n) is 4.01. The second kappa shape index (κ2) is 6.08. The van der Waals surface area contributed by atoms with Gasteiger partial charge in [-0.1, -0.05) is 29.5 Å². The van der Waals surface area contributed by atoms with Gasteiger partial charge < -0.3 is 4.74 Å². The molecule has 0 aliphatic heterocycles. The molecule has 1 amide bonds. The van der Waals surface area contributed by atoms with Crippen LogP contribution < -0.4 is 10.1 Å². The van der Waals surface area contributed by atoms with Crippen molar-refractivity contribution in [3.8, 4) is 5.75 Å². The molecule has 0 atom stereocenters. The quantitative estimate of drug-likeness (QED) is 0.942. The molecule has 1 aromatic carbocycles. The van der Waals surface area contributed by atoms with Crippen LogP contribution in [0.4, 0.5) is 18.3 Å². The van der Waals surface area contributed by atoms with E-state index in [0.717, 1.165) is 5.56 Å². The molecule has 0 aliphatic carbocycles. The molecule has 0 spiro atoms. The summed E-state index contributed by atoms with van der Waals surface area (Å²) in [5, 5.41) is 7.09. The third-order valence-corrected chi connectivity index (χ3v) is 3.25. The minimum Gasteiger partial charge on any atom is -0.483 e. The number of alkyl halides is 3. The molecule has 9 heteroatoms. The molecule has 0 unspecified atom stereocenters. The lowest BCUT2D eigenvalue weighted by Gasteiger charge is -2.07. The molecule has 2 rings (SSSR count). The number of carbonyl (C=O) groups excluding carboxylic acids is 1. The Kier molecular flexibility index (Phi) is 4.41. The Morgan fingerprint density at radius 3 is 2.67 bits per heavy atom. The summed E-state index contributed by atoms with van der Waals surface area (Å²) >= 11 is 0.258. The summed E-state index contributed by atoms with van der Waals surface area (Å²) < 4.78 is 42.2. The van der Waals surface area contributed by atoms with E-state index in [1.54, 1.807) is 12.1 Å².